The van der Waals surface area contributed by atoms with Gasteiger partial charge in [-0.05, 0) is 36.4 Å². The molecular formula is C18H12BrOS2+. The van der Waals surface area contributed by atoms with Crippen LogP contribution in [0.25, 0.3) is 0 Å². The highest BCUT2D eigenvalue weighted by atomic mass is 79.9. The molecular weight excluding hydrogens is 376 g/mol. The Morgan fingerprint density at radius 2 is 1.36 bits per heavy atom. The van der Waals surface area contributed by atoms with E-state index in [1.54, 1.807) is 17.8 Å². The van der Waals surface area contributed by atoms with Crippen LogP contribution >= 0.6 is 27.7 Å². The number of phenolic OH excluding ortho intramolecular Hbond substituents is 1. The van der Waals surface area contributed by atoms with Gasteiger partial charge in [-0.3, -0.25) is 0 Å². The predicted octanol–water partition coefficient (Wildman–Crippen LogP) is 5.71. The molecule has 0 fully saturated rings. The van der Waals surface area contributed by atoms with E-state index in [0.29, 0.717) is 5.75 Å². The molecule has 0 amide bonds. The Morgan fingerprint density at radius 3 is 2.00 bits per heavy atom. The van der Waals surface area contributed by atoms with Gasteiger partial charge in [0.15, 0.2) is 15.5 Å². The summed E-state index contributed by atoms with van der Waals surface area (Å²) in [5.74, 6) is 0.350. The topological polar surface area (TPSA) is 20.2 Å². The van der Waals surface area contributed by atoms with E-state index in [0.717, 1.165) is 9.37 Å². The SMILES string of the molecule is Oc1ccc(Br)cc1[S+]1c2ccccc2Sc2ccccc21. The van der Waals surface area contributed by atoms with Gasteiger partial charge in [0.2, 0.25) is 4.90 Å². The molecule has 1 aliphatic heterocycles. The van der Waals surface area contributed by atoms with Gasteiger partial charge in [-0.2, -0.15) is 0 Å². The second-order valence-electron chi connectivity index (χ2n) is 4.91. The molecule has 0 bridgehead atoms. The zero-order valence-corrected chi connectivity index (χ0v) is 14.7. The fourth-order valence-corrected chi connectivity index (χ4v) is 6.86. The molecule has 3 aromatic rings. The predicted molar refractivity (Wildman–Crippen MR) is 95.0 cm³/mol. The van der Waals surface area contributed by atoms with Crippen LogP contribution in [0.4, 0.5) is 0 Å². The first-order valence-electron chi connectivity index (χ1n) is 6.83. The van der Waals surface area contributed by atoms with E-state index in [1.165, 1.54) is 19.6 Å². The van der Waals surface area contributed by atoms with Crippen LogP contribution in [0.1, 0.15) is 0 Å². The molecule has 0 aromatic heterocycles. The highest BCUT2D eigenvalue weighted by molar-refractivity contribution is 9.10. The first kappa shape index (κ1) is 14.2. The van der Waals surface area contributed by atoms with Crippen LogP contribution in [0.15, 0.2) is 95.7 Å². The first-order valence-corrected chi connectivity index (χ1v) is 9.66. The molecule has 0 spiro atoms. The highest BCUT2D eigenvalue weighted by Crippen LogP contribution is 2.49. The highest BCUT2D eigenvalue weighted by Gasteiger charge is 2.39. The van der Waals surface area contributed by atoms with Crippen LogP contribution in [-0.2, 0) is 10.9 Å². The summed E-state index contributed by atoms with van der Waals surface area (Å²) in [7, 11) is -0.281. The molecule has 0 unspecified atom stereocenters. The Hall–Kier alpha value is -1.36. The number of fused-ring (bicyclic) bond motifs is 2. The van der Waals surface area contributed by atoms with Crippen molar-refractivity contribution in [2.24, 2.45) is 0 Å². The van der Waals surface area contributed by atoms with Crippen LogP contribution in [0.2, 0.25) is 0 Å². The molecule has 0 saturated carbocycles. The van der Waals surface area contributed by atoms with Crippen molar-refractivity contribution in [1.29, 1.82) is 0 Å². The van der Waals surface area contributed by atoms with Gasteiger partial charge in [0.1, 0.15) is 10.9 Å². The quantitative estimate of drug-likeness (QED) is 0.421. The summed E-state index contributed by atoms with van der Waals surface area (Å²) in [6.45, 7) is 0. The van der Waals surface area contributed by atoms with Gasteiger partial charge < -0.3 is 5.11 Å². The van der Waals surface area contributed by atoms with Crippen LogP contribution in [0.3, 0.4) is 0 Å². The second kappa shape index (κ2) is 5.69. The molecule has 1 aliphatic rings. The van der Waals surface area contributed by atoms with E-state index >= 15 is 0 Å². The van der Waals surface area contributed by atoms with E-state index in [2.05, 4.69) is 64.5 Å². The van der Waals surface area contributed by atoms with Gasteiger partial charge in [0.25, 0.3) is 0 Å². The van der Waals surface area contributed by atoms with E-state index in [-0.39, 0.29) is 10.9 Å². The third kappa shape index (κ3) is 2.35. The van der Waals surface area contributed by atoms with Crippen molar-refractivity contribution in [2.75, 3.05) is 0 Å². The molecule has 0 atom stereocenters. The van der Waals surface area contributed by atoms with Crippen LogP contribution in [0.5, 0.6) is 5.75 Å². The zero-order valence-electron chi connectivity index (χ0n) is 11.5. The number of phenols is 1. The summed E-state index contributed by atoms with van der Waals surface area (Å²) in [4.78, 5) is 6.06. The van der Waals surface area contributed by atoms with Crippen LogP contribution < -0.4 is 0 Å². The fraction of sp³-hybridized carbons (Fsp3) is 0. The molecule has 3 aromatic carbocycles. The van der Waals surface area contributed by atoms with E-state index < -0.39 is 0 Å². The molecule has 0 aliphatic carbocycles. The number of halogens is 1. The lowest BCUT2D eigenvalue weighted by Crippen LogP contribution is -2.11. The van der Waals surface area contributed by atoms with Crippen molar-refractivity contribution in [3.8, 4) is 5.75 Å². The smallest absolute Gasteiger partial charge is 0.209 e. The van der Waals surface area contributed by atoms with Gasteiger partial charge in [-0.25, -0.2) is 0 Å². The van der Waals surface area contributed by atoms with E-state index in [4.69, 9.17) is 0 Å². The minimum absolute atomic E-state index is 0.281. The summed E-state index contributed by atoms with van der Waals surface area (Å²) in [5, 5.41) is 10.4. The maximum Gasteiger partial charge on any atom is 0.209 e. The number of hydrogen-bond donors (Lipinski definition) is 1. The molecule has 4 rings (SSSR count). The van der Waals surface area contributed by atoms with Gasteiger partial charge in [0.05, 0.1) is 9.79 Å². The van der Waals surface area contributed by atoms with E-state index in [1.807, 2.05) is 12.1 Å². The van der Waals surface area contributed by atoms with Crippen molar-refractivity contribution in [3.63, 3.8) is 0 Å². The maximum absolute atomic E-state index is 10.4. The van der Waals surface area contributed by atoms with E-state index in [9.17, 15) is 5.11 Å². The summed E-state index contributed by atoms with van der Waals surface area (Å²) in [5.41, 5.74) is 0. The third-order valence-corrected chi connectivity index (χ3v) is 7.76. The summed E-state index contributed by atoms with van der Waals surface area (Å²) in [6, 6.07) is 22.6. The Bertz CT molecular complexity index is 818. The van der Waals surface area contributed by atoms with Gasteiger partial charge >= 0.3 is 0 Å². The Balaban J connectivity index is 2.01. The van der Waals surface area contributed by atoms with Gasteiger partial charge in [0, 0.05) is 10.5 Å². The van der Waals surface area contributed by atoms with Gasteiger partial charge in [-0.1, -0.05) is 52.0 Å². The minimum atomic E-state index is -0.281. The summed E-state index contributed by atoms with van der Waals surface area (Å²) >= 11 is 5.34. The molecule has 22 heavy (non-hydrogen) atoms. The summed E-state index contributed by atoms with van der Waals surface area (Å²) in [6.07, 6.45) is 0. The average Bonchev–Trinajstić information content (AvgIpc) is 2.55. The number of aromatic hydroxyl groups is 1. The van der Waals surface area contributed by atoms with Gasteiger partial charge in [-0.15, -0.1) is 0 Å². The standard InChI is InChI=1S/C18H11BrOS2/c19-12-9-10-13(20)18(11-12)22-16-7-3-1-5-14(16)21-15-6-2-4-8-17(15)22/h1-11H/p+1. The fourth-order valence-electron chi connectivity index (χ4n) is 2.53. The lowest BCUT2D eigenvalue weighted by atomic mass is 10.3. The first-order chi connectivity index (χ1) is 10.7. The molecule has 1 heterocycles. The van der Waals surface area contributed by atoms with Crippen molar-refractivity contribution in [1.82, 2.24) is 0 Å². The maximum atomic E-state index is 10.4. The Labute approximate surface area is 144 Å². The average molecular weight is 388 g/mol. The van der Waals surface area contributed by atoms with Crippen molar-refractivity contribution < 1.29 is 5.11 Å². The number of hydrogen-bond acceptors (Lipinski definition) is 2. The molecule has 1 nitrogen and oxygen atoms in total. The van der Waals surface area contributed by atoms with Crippen molar-refractivity contribution in [3.05, 3.63) is 71.2 Å². The molecule has 0 radical (unpaired) electrons. The number of benzene rings is 3. The Morgan fingerprint density at radius 1 is 0.773 bits per heavy atom. The summed E-state index contributed by atoms with van der Waals surface area (Å²) < 4.78 is 0.987. The van der Waals surface area contributed by atoms with Crippen LogP contribution in [-0.4, -0.2) is 5.11 Å². The third-order valence-electron chi connectivity index (χ3n) is 3.50. The largest absolute Gasteiger partial charge is 0.503 e. The minimum Gasteiger partial charge on any atom is -0.503 e. The van der Waals surface area contributed by atoms with Crippen molar-refractivity contribution in [2.45, 2.75) is 24.5 Å². The van der Waals surface area contributed by atoms with Crippen molar-refractivity contribution >= 4 is 38.6 Å². The molecule has 4 heteroatoms. The lowest BCUT2D eigenvalue weighted by molar-refractivity contribution is 0.461. The van der Waals surface area contributed by atoms with Crippen LogP contribution in [0, 0.1) is 0 Å². The second-order valence-corrected chi connectivity index (χ2v) is 8.85. The lowest BCUT2D eigenvalue weighted by Gasteiger charge is -2.19. The molecule has 1 N–H and O–H groups in total. The Kier molecular flexibility index (Phi) is 3.68. The number of rotatable bonds is 1. The monoisotopic (exact) mass is 387 g/mol. The molecule has 108 valence electrons. The zero-order chi connectivity index (χ0) is 15.1. The molecule has 0 saturated heterocycles. The normalized spacial score (nSPS) is 13.5.